The third-order valence-corrected chi connectivity index (χ3v) is 3.83. The highest BCUT2D eigenvalue weighted by Gasteiger charge is 2.34. The van der Waals surface area contributed by atoms with E-state index in [0.29, 0.717) is 12.3 Å². The van der Waals surface area contributed by atoms with E-state index in [-0.39, 0.29) is 16.6 Å². The summed E-state index contributed by atoms with van der Waals surface area (Å²) in [6.07, 6.45) is -2.43. The van der Waals surface area contributed by atoms with Crippen LogP contribution >= 0.6 is 15.9 Å². The summed E-state index contributed by atoms with van der Waals surface area (Å²) in [5.74, 6) is 0. The number of halogens is 4. The standard InChI is InChI=1S/C13H15BrF3NO/c1-2-19-10-5-9(6-10)18-8-3-4-12(14)11(7-8)13(15,16)17/h3-4,7,9-10,18H,2,5-6H2,1H3. The Morgan fingerprint density at radius 2 is 2.05 bits per heavy atom. The smallest absolute Gasteiger partial charge is 0.382 e. The molecule has 0 atom stereocenters. The Balaban J connectivity index is 1.99. The van der Waals surface area contributed by atoms with Gasteiger partial charge in [-0.3, -0.25) is 0 Å². The largest absolute Gasteiger partial charge is 0.417 e. The maximum atomic E-state index is 12.7. The molecule has 1 aromatic rings. The van der Waals surface area contributed by atoms with Crippen molar-refractivity contribution in [1.29, 1.82) is 0 Å². The summed E-state index contributed by atoms with van der Waals surface area (Å²) in [4.78, 5) is 0. The fourth-order valence-corrected chi connectivity index (χ4v) is 2.59. The van der Waals surface area contributed by atoms with Crippen molar-refractivity contribution < 1.29 is 17.9 Å². The van der Waals surface area contributed by atoms with Crippen LogP contribution in [0.5, 0.6) is 0 Å². The van der Waals surface area contributed by atoms with Crippen LogP contribution in [-0.4, -0.2) is 18.8 Å². The molecule has 0 saturated heterocycles. The molecule has 0 radical (unpaired) electrons. The predicted octanol–water partition coefficient (Wildman–Crippen LogP) is 4.45. The number of hydrogen-bond acceptors (Lipinski definition) is 2. The lowest BCUT2D eigenvalue weighted by molar-refractivity contribution is -0.138. The fourth-order valence-electron chi connectivity index (χ4n) is 2.12. The Labute approximate surface area is 118 Å². The second-order valence-corrected chi connectivity index (χ2v) is 5.44. The van der Waals surface area contributed by atoms with Crippen molar-refractivity contribution in [2.75, 3.05) is 11.9 Å². The molecule has 1 saturated carbocycles. The van der Waals surface area contributed by atoms with Crippen LogP contribution in [0.15, 0.2) is 22.7 Å². The Morgan fingerprint density at radius 3 is 2.63 bits per heavy atom. The van der Waals surface area contributed by atoms with E-state index >= 15 is 0 Å². The first-order chi connectivity index (χ1) is 8.90. The molecule has 2 rings (SSSR count). The quantitative estimate of drug-likeness (QED) is 0.876. The lowest BCUT2D eigenvalue weighted by atomic mass is 9.89. The Bertz CT molecular complexity index is 444. The first-order valence-corrected chi connectivity index (χ1v) is 6.94. The van der Waals surface area contributed by atoms with E-state index in [9.17, 15) is 13.2 Å². The van der Waals surface area contributed by atoms with Gasteiger partial charge in [-0.25, -0.2) is 0 Å². The SMILES string of the molecule is CCOC1CC(Nc2ccc(Br)c(C(F)(F)F)c2)C1. The molecule has 1 fully saturated rings. The maximum Gasteiger partial charge on any atom is 0.417 e. The van der Waals surface area contributed by atoms with Gasteiger partial charge in [0.2, 0.25) is 0 Å². The molecule has 0 amide bonds. The minimum atomic E-state index is -4.34. The minimum Gasteiger partial charge on any atom is -0.382 e. The van der Waals surface area contributed by atoms with Crippen LogP contribution in [0.3, 0.4) is 0 Å². The highest BCUT2D eigenvalue weighted by atomic mass is 79.9. The van der Waals surface area contributed by atoms with Crippen molar-refractivity contribution >= 4 is 21.6 Å². The highest BCUT2D eigenvalue weighted by molar-refractivity contribution is 9.10. The van der Waals surface area contributed by atoms with Crippen LogP contribution in [0.4, 0.5) is 18.9 Å². The highest BCUT2D eigenvalue weighted by Crippen LogP contribution is 2.37. The van der Waals surface area contributed by atoms with Crippen LogP contribution in [0, 0.1) is 0 Å². The molecule has 0 bridgehead atoms. The Hall–Kier alpha value is -0.750. The van der Waals surface area contributed by atoms with Gasteiger partial charge in [-0.2, -0.15) is 13.2 Å². The van der Waals surface area contributed by atoms with Gasteiger partial charge in [0.1, 0.15) is 0 Å². The minimum absolute atomic E-state index is 0.0614. The molecule has 1 aliphatic carbocycles. The molecular formula is C13H15BrF3NO. The van der Waals surface area contributed by atoms with Gasteiger partial charge in [0.05, 0.1) is 11.7 Å². The van der Waals surface area contributed by atoms with E-state index in [1.54, 1.807) is 6.07 Å². The van der Waals surface area contributed by atoms with Gasteiger partial charge in [0.15, 0.2) is 0 Å². The van der Waals surface area contributed by atoms with Gasteiger partial charge in [0.25, 0.3) is 0 Å². The molecule has 1 aromatic carbocycles. The zero-order valence-corrected chi connectivity index (χ0v) is 12.0. The zero-order chi connectivity index (χ0) is 14.0. The van der Waals surface area contributed by atoms with E-state index < -0.39 is 11.7 Å². The monoisotopic (exact) mass is 337 g/mol. The number of alkyl halides is 3. The van der Waals surface area contributed by atoms with E-state index in [4.69, 9.17) is 4.74 Å². The first kappa shape index (κ1) is 14.7. The summed E-state index contributed by atoms with van der Waals surface area (Å²) in [6, 6.07) is 4.40. The van der Waals surface area contributed by atoms with Gasteiger partial charge in [-0.05, 0) is 38.0 Å². The molecule has 0 spiro atoms. The molecular weight excluding hydrogens is 323 g/mol. The molecule has 6 heteroatoms. The molecule has 106 valence electrons. The number of ether oxygens (including phenoxy) is 1. The number of hydrogen-bond donors (Lipinski definition) is 1. The number of anilines is 1. The molecule has 19 heavy (non-hydrogen) atoms. The molecule has 0 unspecified atom stereocenters. The van der Waals surface area contributed by atoms with E-state index in [1.807, 2.05) is 6.92 Å². The van der Waals surface area contributed by atoms with Crippen LogP contribution in [0.25, 0.3) is 0 Å². The third-order valence-electron chi connectivity index (χ3n) is 3.14. The van der Waals surface area contributed by atoms with Crippen LogP contribution in [-0.2, 0) is 10.9 Å². The lowest BCUT2D eigenvalue weighted by Gasteiger charge is -2.36. The fraction of sp³-hybridized carbons (Fsp3) is 0.538. The van der Waals surface area contributed by atoms with E-state index in [0.717, 1.165) is 18.9 Å². The van der Waals surface area contributed by atoms with Gasteiger partial charge in [-0.1, -0.05) is 15.9 Å². The normalized spacial score (nSPS) is 23.0. The van der Waals surface area contributed by atoms with Crippen molar-refractivity contribution in [2.24, 2.45) is 0 Å². The average Bonchev–Trinajstić information content (AvgIpc) is 2.27. The van der Waals surface area contributed by atoms with E-state index in [2.05, 4.69) is 21.2 Å². The van der Waals surface area contributed by atoms with E-state index in [1.165, 1.54) is 6.07 Å². The zero-order valence-electron chi connectivity index (χ0n) is 10.4. The van der Waals surface area contributed by atoms with Crippen molar-refractivity contribution in [3.8, 4) is 0 Å². The molecule has 1 N–H and O–H groups in total. The number of nitrogens with one attached hydrogen (secondary N) is 1. The summed E-state index contributed by atoms with van der Waals surface area (Å²) in [5.41, 5.74) is -0.159. The van der Waals surface area contributed by atoms with Gasteiger partial charge >= 0.3 is 6.18 Å². The summed E-state index contributed by atoms with van der Waals surface area (Å²) in [7, 11) is 0. The van der Waals surface area contributed by atoms with Gasteiger partial charge in [-0.15, -0.1) is 0 Å². The summed E-state index contributed by atoms with van der Waals surface area (Å²) in [6.45, 7) is 2.61. The van der Waals surface area contributed by atoms with Gasteiger partial charge in [0, 0.05) is 22.8 Å². The molecule has 0 heterocycles. The van der Waals surface area contributed by atoms with Gasteiger partial charge < -0.3 is 10.1 Å². The number of rotatable bonds is 4. The number of benzene rings is 1. The molecule has 1 aliphatic rings. The second kappa shape index (κ2) is 5.71. The predicted molar refractivity (Wildman–Crippen MR) is 71.2 cm³/mol. The van der Waals surface area contributed by atoms with Crippen molar-refractivity contribution in [1.82, 2.24) is 0 Å². The summed E-state index contributed by atoms with van der Waals surface area (Å²) < 4.78 is 43.7. The summed E-state index contributed by atoms with van der Waals surface area (Å²) >= 11 is 2.93. The average molecular weight is 338 g/mol. The summed E-state index contributed by atoms with van der Waals surface area (Å²) in [5, 5.41) is 3.11. The maximum absolute atomic E-state index is 12.7. The molecule has 2 nitrogen and oxygen atoms in total. The van der Waals surface area contributed by atoms with Crippen LogP contribution < -0.4 is 5.32 Å². The Morgan fingerprint density at radius 1 is 1.37 bits per heavy atom. The molecule has 0 aliphatic heterocycles. The first-order valence-electron chi connectivity index (χ1n) is 6.15. The second-order valence-electron chi connectivity index (χ2n) is 4.58. The van der Waals surface area contributed by atoms with Crippen LogP contribution in [0.1, 0.15) is 25.3 Å². The van der Waals surface area contributed by atoms with Crippen molar-refractivity contribution in [3.63, 3.8) is 0 Å². The molecule has 0 aromatic heterocycles. The lowest BCUT2D eigenvalue weighted by Crippen LogP contribution is -2.40. The van der Waals surface area contributed by atoms with Crippen molar-refractivity contribution in [2.45, 2.75) is 38.1 Å². The topological polar surface area (TPSA) is 21.3 Å². The van der Waals surface area contributed by atoms with Crippen LogP contribution in [0.2, 0.25) is 0 Å². The third kappa shape index (κ3) is 3.63. The Kier molecular flexibility index (Phi) is 4.40. The van der Waals surface area contributed by atoms with Crippen molar-refractivity contribution in [3.05, 3.63) is 28.2 Å².